The first-order valence-corrected chi connectivity index (χ1v) is 8.41. The summed E-state index contributed by atoms with van der Waals surface area (Å²) in [6, 6.07) is 14.9. The monoisotopic (exact) mass is 350 g/mol. The fourth-order valence-corrected chi connectivity index (χ4v) is 3.67. The third-order valence-electron chi connectivity index (χ3n) is 3.93. The average Bonchev–Trinajstić information content (AvgIpc) is 3.19. The number of hydrogen-bond acceptors (Lipinski definition) is 4. The minimum atomic E-state index is -0.367. The number of fused-ring (bicyclic) bond motifs is 1. The van der Waals surface area contributed by atoms with Crippen LogP contribution < -0.4 is 0 Å². The molecule has 0 spiro atoms. The Morgan fingerprint density at radius 3 is 2.60 bits per heavy atom. The minimum Gasteiger partial charge on any atom is -0.286 e. The number of nitro groups is 1. The zero-order chi connectivity index (χ0) is 17.4. The highest BCUT2D eigenvalue weighted by Gasteiger charge is 2.16. The van der Waals surface area contributed by atoms with E-state index in [4.69, 9.17) is 0 Å². The van der Waals surface area contributed by atoms with E-state index in [1.165, 1.54) is 11.9 Å². The Bertz CT molecular complexity index is 1070. The number of nitro benzene ring substituents is 1. The van der Waals surface area contributed by atoms with E-state index >= 15 is 0 Å². The number of rotatable bonds is 4. The van der Waals surface area contributed by atoms with Crippen LogP contribution in [0.5, 0.6) is 0 Å². The largest absolute Gasteiger partial charge is 0.286 e. The van der Waals surface area contributed by atoms with E-state index in [0.717, 1.165) is 26.9 Å². The van der Waals surface area contributed by atoms with Gasteiger partial charge in [0.2, 0.25) is 0 Å². The van der Waals surface area contributed by atoms with Gasteiger partial charge in [-0.15, -0.1) is 0 Å². The highest BCUT2D eigenvalue weighted by Crippen LogP contribution is 2.36. The van der Waals surface area contributed by atoms with Crippen molar-refractivity contribution in [2.75, 3.05) is 0 Å². The van der Waals surface area contributed by atoms with Gasteiger partial charge in [0.05, 0.1) is 16.6 Å². The van der Waals surface area contributed by atoms with Gasteiger partial charge in [0, 0.05) is 53.0 Å². The van der Waals surface area contributed by atoms with Crippen molar-refractivity contribution in [2.45, 2.75) is 4.90 Å². The molecule has 0 amide bonds. The van der Waals surface area contributed by atoms with Crippen molar-refractivity contribution in [1.29, 1.82) is 0 Å². The molecule has 2 aromatic carbocycles. The maximum Gasteiger partial charge on any atom is 0.271 e. The van der Waals surface area contributed by atoms with Crippen LogP contribution in [-0.4, -0.2) is 18.7 Å². The SMILES string of the molecule is Cn1cc(-c2cn(Sc3ccccc3)c3cc([N+](=O)[O-])ccc23)cn1. The molecule has 0 aliphatic rings. The van der Waals surface area contributed by atoms with Gasteiger partial charge in [-0.25, -0.2) is 0 Å². The molecule has 124 valence electrons. The standard InChI is InChI=1S/C18H14N4O2S/c1-20-11-13(10-19-20)17-12-21(25-15-5-3-2-4-6-15)18-9-14(22(23)24)7-8-16(17)18/h2-12H,1H3. The third-order valence-corrected chi connectivity index (χ3v) is 4.91. The average molecular weight is 350 g/mol. The second kappa shape index (κ2) is 6.10. The first-order valence-electron chi connectivity index (χ1n) is 7.64. The van der Waals surface area contributed by atoms with E-state index in [2.05, 4.69) is 5.10 Å². The fourth-order valence-electron chi connectivity index (χ4n) is 2.76. The molecule has 0 bridgehead atoms. The Labute approximate surface area is 148 Å². The molecule has 0 saturated heterocycles. The summed E-state index contributed by atoms with van der Waals surface area (Å²) in [5, 5.41) is 16.4. The smallest absolute Gasteiger partial charge is 0.271 e. The first kappa shape index (κ1) is 15.5. The van der Waals surface area contributed by atoms with E-state index in [9.17, 15) is 10.1 Å². The summed E-state index contributed by atoms with van der Waals surface area (Å²) in [6.07, 6.45) is 5.74. The summed E-state index contributed by atoms with van der Waals surface area (Å²) >= 11 is 1.53. The predicted molar refractivity (Wildman–Crippen MR) is 98.5 cm³/mol. The molecule has 0 atom stereocenters. The molecular formula is C18H14N4O2S. The highest BCUT2D eigenvalue weighted by atomic mass is 32.2. The summed E-state index contributed by atoms with van der Waals surface area (Å²) < 4.78 is 3.72. The topological polar surface area (TPSA) is 65.9 Å². The van der Waals surface area contributed by atoms with Crippen LogP contribution in [0.2, 0.25) is 0 Å². The van der Waals surface area contributed by atoms with Crippen molar-refractivity contribution in [3.8, 4) is 11.1 Å². The molecule has 0 unspecified atom stereocenters. The Kier molecular flexibility index (Phi) is 3.77. The second-order valence-corrected chi connectivity index (χ2v) is 6.68. The Hall–Kier alpha value is -3.06. The van der Waals surface area contributed by atoms with E-state index in [-0.39, 0.29) is 10.6 Å². The van der Waals surface area contributed by atoms with Crippen molar-refractivity contribution in [2.24, 2.45) is 7.05 Å². The van der Waals surface area contributed by atoms with Crippen molar-refractivity contribution < 1.29 is 4.92 Å². The molecule has 0 aliphatic carbocycles. The lowest BCUT2D eigenvalue weighted by Crippen LogP contribution is -1.89. The van der Waals surface area contributed by atoms with Gasteiger partial charge in [0.1, 0.15) is 0 Å². The Balaban J connectivity index is 1.90. The number of nitrogens with zero attached hydrogens (tertiary/aromatic N) is 4. The molecule has 0 saturated carbocycles. The second-order valence-electron chi connectivity index (χ2n) is 5.63. The van der Waals surface area contributed by atoms with Crippen molar-refractivity contribution in [3.63, 3.8) is 0 Å². The quantitative estimate of drug-likeness (QED) is 0.401. The minimum absolute atomic E-state index is 0.0817. The number of benzene rings is 2. The van der Waals surface area contributed by atoms with Crippen LogP contribution in [0.3, 0.4) is 0 Å². The molecular weight excluding hydrogens is 336 g/mol. The fraction of sp³-hybridized carbons (Fsp3) is 0.0556. The zero-order valence-corrected chi connectivity index (χ0v) is 14.2. The van der Waals surface area contributed by atoms with Crippen LogP contribution in [-0.2, 0) is 7.05 Å². The van der Waals surface area contributed by atoms with Crippen LogP contribution in [0.1, 0.15) is 0 Å². The zero-order valence-electron chi connectivity index (χ0n) is 13.4. The molecule has 2 aromatic heterocycles. The van der Waals surface area contributed by atoms with Crippen LogP contribution in [0, 0.1) is 10.1 Å². The number of aromatic nitrogens is 3. The molecule has 25 heavy (non-hydrogen) atoms. The maximum absolute atomic E-state index is 11.2. The molecule has 4 rings (SSSR count). The first-order chi connectivity index (χ1) is 12.1. The molecule has 2 heterocycles. The molecule has 0 aliphatic heterocycles. The van der Waals surface area contributed by atoms with Gasteiger partial charge >= 0.3 is 0 Å². The molecule has 0 fully saturated rings. The Morgan fingerprint density at radius 1 is 1.12 bits per heavy atom. The summed E-state index contributed by atoms with van der Waals surface area (Å²) in [4.78, 5) is 11.9. The summed E-state index contributed by atoms with van der Waals surface area (Å²) in [5.74, 6) is 0. The van der Waals surface area contributed by atoms with E-state index in [1.54, 1.807) is 29.1 Å². The van der Waals surface area contributed by atoms with Gasteiger partial charge in [-0.2, -0.15) is 5.10 Å². The van der Waals surface area contributed by atoms with Crippen LogP contribution in [0.15, 0.2) is 72.0 Å². The van der Waals surface area contributed by atoms with Gasteiger partial charge < -0.3 is 0 Å². The van der Waals surface area contributed by atoms with Crippen molar-refractivity contribution in [1.82, 2.24) is 13.8 Å². The van der Waals surface area contributed by atoms with E-state index < -0.39 is 0 Å². The van der Waals surface area contributed by atoms with Gasteiger partial charge in [0.25, 0.3) is 5.69 Å². The summed E-state index contributed by atoms with van der Waals surface area (Å²) in [5.41, 5.74) is 2.87. The van der Waals surface area contributed by atoms with Crippen LogP contribution in [0.4, 0.5) is 5.69 Å². The number of non-ortho nitro benzene ring substituents is 1. The third kappa shape index (κ3) is 2.89. The number of aryl methyl sites for hydroxylation is 1. The molecule has 0 radical (unpaired) electrons. The van der Waals surface area contributed by atoms with Crippen molar-refractivity contribution >= 4 is 28.5 Å². The van der Waals surface area contributed by atoms with E-state index in [0.29, 0.717) is 0 Å². The highest BCUT2D eigenvalue weighted by molar-refractivity contribution is 7.98. The van der Waals surface area contributed by atoms with Crippen molar-refractivity contribution in [3.05, 3.63) is 77.2 Å². The summed E-state index contributed by atoms with van der Waals surface area (Å²) in [7, 11) is 1.87. The van der Waals surface area contributed by atoms with Crippen LogP contribution in [0.25, 0.3) is 22.0 Å². The van der Waals surface area contributed by atoms with Crippen LogP contribution >= 0.6 is 11.9 Å². The lowest BCUT2D eigenvalue weighted by molar-refractivity contribution is -0.384. The molecule has 0 N–H and O–H groups in total. The van der Waals surface area contributed by atoms with E-state index in [1.807, 2.05) is 53.7 Å². The van der Waals surface area contributed by atoms with Gasteiger partial charge in [-0.05, 0) is 30.1 Å². The molecule has 6 nitrogen and oxygen atoms in total. The summed E-state index contributed by atoms with van der Waals surface area (Å²) in [6.45, 7) is 0. The normalized spacial score (nSPS) is 11.1. The molecule has 7 heteroatoms. The lowest BCUT2D eigenvalue weighted by Gasteiger charge is -2.03. The lowest BCUT2D eigenvalue weighted by atomic mass is 10.1. The number of hydrogen-bond donors (Lipinski definition) is 0. The Morgan fingerprint density at radius 2 is 1.92 bits per heavy atom. The van der Waals surface area contributed by atoms with Gasteiger partial charge in [-0.3, -0.25) is 18.8 Å². The molecule has 4 aromatic rings. The van der Waals surface area contributed by atoms with Gasteiger partial charge in [0.15, 0.2) is 0 Å². The predicted octanol–water partition coefficient (Wildman–Crippen LogP) is 4.51. The van der Waals surface area contributed by atoms with Gasteiger partial charge in [-0.1, -0.05) is 18.2 Å². The maximum atomic E-state index is 11.2.